The molecule has 0 atom stereocenters. The summed E-state index contributed by atoms with van der Waals surface area (Å²) in [5.74, 6) is 0.762. The van der Waals surface area contributed by atoms with Gasteiger partial charge in [-0.15, -0.1) is 0 Å². The summed E-state index contributed by atoms with van der Waals surface area (Å²) in [5, 5.41) is 1.41. The van der Waals surface area contributed by atoms with Crippen molar-refractivity contribution in [1.82, 2.24) is 0 Å². The van der Waals surface area contributed by atoms with Crippen molar-refractivity contribution < 1.29 is 13.9 Å². The molecule has 106 valence electrons. The van der Waals surface area contributed by atoms with Crippen LogP contribution in [0.5, 0.6) is 5.75 Å². The average molecular weight is 366 g/mol. The molecule has 0 fully saturated rings. The number of halogens is 2. The molecule has 3 rings (SSSR count). The van der Waals surface area contributed by atoms with Crippen LogP contribution in [-0.4, -0.2) is 12.9 Å². The zero-order valence-corrected chi connectivity index (χ0v) is 13.4. The van der Waals surface area contributed by atoms with Crippen molar-refractivity contribution >= 4 is 44.3 Å². The molecule has 0 spiro atoms. The molecule has 0 saturated carbocycles. The van der Waals surface area contributed by atoms with Crippen LogP contribution in [0, 0.1) is 0 Å². The van der Waals surface area contributed by atoms with Gasteiger partial charge < -0.3 is 9.15 Å². The minimum Gasteiger partial charge on any atom is -0.496 e. The number of ether oxygens (including phenoxy) is 1. The highest BCUT2D eigenvalue weighted by Gasteiger charge is 2.16. The van der Waals surface area contributed by atoms with Gasteiger partial charge >= 0.3 is 0 Å². The van der Waals surface area contributed by atoms with E-state index >= 15 is 0 Å². The normalized spacial score (nSPS) is 10.8. The number of carbonyl (C=O) groups excluding carboxylic acids is 1. The van der Waals surface area contributed by atoms with E-state index in [2.05, 4.69) is 15.9 Å². The first-order valence-corrected chi connectivity index (χ1v) is 7.33. The molecule has 0 N–H and O–H groups in total. The fourth-order valence-corrected chi connectivity index (χ4v) is 2.80. The van der Waals surface area contributed by atoms with Crippen molar-refractivity contribution in [3.63, 3.8) is 0 Å². The van der Waals surface area contributed by atoms with Crippen LogP contribution in [0.4, 0.5) is 0 Å². The molecule has 3 aromatic rings. The smallest absolute Gasteiger partial charge is 0.228 e. The third kappa shape index (κ3) is 2.69. The maximum absolute atomic E-state index is 12.5. The molecule has 0 aliphatic carbocycles. The number of benzene rings is 2. The predicted octanol–water partition coefficient (Wildman–Crippen LogP) is 5.09. The van der Waals surface area contributed by atoms with E-state index in [0.717, 1.165) is 9.86 Å². The molecule has 0 aliphatic heterocycles. The molecule has 1 aromatic heterocycles. The van der Waals surface area contributed by atoms with Gasteiger partial charge in [-0.1, -0.05) is 11.6 Å². The number of methoxy groups -OCH3 is 1. The number of furan rings is 1. The molecular weight excluding hydrogens is 356 g/mol. The number of rotatable bonds is 3. The first kappa shape index (κ1) is 14.2. The Hall–Kier alpha value is -1.78. The van der Waals surface area contributed by atoms with Gasteiger partial charge in [-0.25, -0.2) is 0 Å². The van der Waals surface area contributed by atoms with Crippen LogP contribution < -0.4 is 4.74 Å². The van der Waals surface area contributed by atoms with Crippen molar-refractivity contribution in [2.75, 3.05) is 7.11 Å². The van der Waals surface area contributed by atoms with Gasteiger partial charge in [0.2, 0.25) is 5.78 Å². The van der Waals surface area contributed by atoms with Crippen LogP contribution in [-0.2, 0) is 0 Å². The molecule has 0 radical (unpaired) electrons. The summed E-state index contributed by atoms with van der Waals surface area (Å²) in [4.78, 5) is 12.5. The van der Waals surface area contributed by atoms with E-state index in [1.807, 2.05) is 0 Å². The van der Waals surface area contributed by atoms with Gasteiger partial charge in [-0.3, -0.25) is 4.79 Å². The number of ketones is 1. The minimum atomic E-state index is -0.189. The largest absolute Gasteiger partial charge is 0.496 e. The standard InChI is InChI=1S/C16H10BrClO3/c1-20-14-4-2-9(7-12(14)17)16(19)15-8-10-6-11(18)3-5-13(10)21-15/h2-8H,1H3. The first-order valence-electron chi connectivity index (χ1n) is 6.16. The Morgan fingerprint density at radius 1 is 1.19 bits per heavy atom. The molecular formula is C16H10BrClO3. The summed E-state index contributed by atoms with van der Waals surface area (Å²) >= 11 is 9.30. The summed E-state index contributed by atoms with van der Waals surface area (Å²) in [5.41, 5.74) is 1.16. The fraction of sp³-hybridized carbons (Fsp3) is 0.0625. The van der Waals surface area contributed by atoms with E-state index in [1.165, 1.54) is 0 Å². The maximum Gasteiger partial charge on any atom is 0.228 e. The van der Waals surface area contributed by atoms with E-state index in [-0.39, 0.29) is 11.5 Å². The Balaban J connectivity index is 2.01. The Bertz CT molecular complexity index is 839. The topological polar surface area (TPSA) is 39.4 Å². The predicted molar refractivity (Wildman–Crippen MR) is 85.4 cm³/mol. The third-order valence-corrected chi connectivity index (χ3v) is 3.97. The molecule has 1 heterocycles. The zero-order valence-electron chi connectivity index (χ0n) is 11.0. The Morgan fingerprint density at radius 3 is 2.71 bits per heavy atom. The van der Waals surface area contributed by atoms with Gasteiger partial charge in [0.1, 0.15) is 11.3 Å². The molecule has 0 aliphatic rings. The van der Waals surface area contributed by atoms with Crippen molar-refractivity contribution in [2.45, 2.75) is 0 Å². The monoisotopic (exact) mass is 364 g/mol. The highest BCUT2D eigenvalue weighted by molar-refractivity contribution is 9.10. The van der Waals surface area contributed by atoms with Gasteiger partial charge in [0.15, 0.2) is 5.76 Å². The van der Waals surface area contributed by atoms with E-state index in [0.29, 0.717) is 21.9 Å². The van der Waals surface area contributed by atoms with Crippen molar-refractivity contribution in [3.8, 4) is 5.75 Å². The van der Waals surface area contributed by atoms with Crippen LogP contribution in [0.25, 0.3) is 11.0 Å². The SMILES string of the molecule is COc1ccc(C(=O)c2cc3cc(Cl)ccc3o2)cc1Br. The first-order chi connectivity index (χ1) is 10.1. The molecule has 0 unspecified atom stereocenters. The Kier molecular flexibility index (Phi) is 3.74. The van der Waals surface area contributed by atoms with Gasteiger partial charge in [-0.05, 0) is 58.4 Å². The van der Waals surface area contributed by atoms with Gasteiger partial charge in [-0.2, -0.15) is 0 Å². The second-order valence-electron chi connectivity index (χ2n) is 4.47. The lowest BCUT2D eigenvalue weighted by Crippen LogP contribution is -1.99. The second-order valence-corrected chi connectivity index (χ2v) is 5.76. The van der Waals surface area contributed by atoms with Gasteiger partial charge in [0.05, 0.1) is 11.6 Å². The number of hydrogen-bond acceptors (Lipinski definition) is 3. The van der Waals surface area contributed by atoms with E-state index in [9.17, 15) is 4.79 Å². The van der Waals surface area contributed by atoms with E-state index in [1.54, 1.807) is 49.6 Å². The summed E-state index contributed by atoms with van der Waals surface area (Å²) in [7, 11) is 1.57. The van der Waals surface area contributed by atoms with Crippen LogP contribution in [0.2, 0.25) is 5.02 Å². The van der Waals surface area contributed by atoms with E-state index < -0.39 is 0 Å². The lowest BCUT2D eigenvalue weighted by atomic mass is 10.1. The highest BCUT2D eigenvalue weighted by Crippen LogP contribution is 2.28. The lowest BCUT2D eigenvalue weighted by molar-refractivity contribution is 0.101. The number of hydrogen-bond donors (Lipinski definition) is 0. The summed E-state index contributed by atoms with van der Waals surface area (Å²) in [6, 6.07) is 12.1. The van der Waals surface area contributed by atoms with Gasteiger partial charge in [0, 0.05) is 16.0 Å². The van der Waals surface area contributed by atoms with Crippen LogP contribution >= 0.6 is 27.5 Å². The molecule has 0 amide bonds. The quantitative estimate of drug-likeness (QED) is 0.607. The maximum atomic E-state index is 12.5. The summed E-state index contributed by atoms with van der Waals surface area (Å²) in [6.07, 6.45) is 0. The number of carbonyl (C=O) groups is 1. The minimum absolute atomic E-state index is 0.189. The highest BCUT2D eigenvalue weighted by atomic mass is 79.9. The lowest BCUT2D eigenvalue weighted by Gasteiger charge is -2.04. The summed E-state index contributed by atoms with van der Waals surface area (Å²) in [6.45, 7) is 0. The van der Waals surface area contributed by atoms with Crippen molar-refractivity contribution in [1.29, 1.82) is 0 Å². The summed E-state index contributed by atoms with van der Waals surface area (Å²) < 4.78 is 11.4. The molecule has 2 aromatic carbocycles. The van der Waals surface area contributed by atoms with Crippen LogP contribution in [0.1, 0.15) is 16.1 Å². The van der Waals surface area contributed by atoms with Crippen molar-refractivity contribution in [2.24, 2.45) is 0 Å². The zero-order chi connectivity index (χ0) is 15.0. The van der Waals surface area contributed by atoms with E-state index in [4.69, 9.17) is 20.8 Å². The molecule has 0 saturated heterocycles. The van der Waals surface area contributed by atoms with Crippen LogP contribution in [0.15, 0.2) is 51.4 Å². The third-order valence-electron chi connectivity index (χ3n) is 3.12. The molecule has 0 bridgehead atoms. The fourth-order valence-electron chi connectivity index (χ4n) is 2.08. The number of fused-ring (bicyclic) bond motifs is 1. The Morgan fingerprint density at radius 2 is 2.00 bits per heavy atom. The van der Waals surface area contributed by atoms with Crippen LogP contribution in [0.3, 0.4) is 0 Å². The Labute approximate surface area is 134 Å². The molecule has 3 nitrogen and oxygen atoms in total. The average Bonchev–Trinajstić information content (AvgIpc) is 2.89. The second kappa shape index (κ2) is 5.54. The molecule has 21 heavy (non-hydrogen) atoms. The van der Waals surface area contributed by atoms with Crippen molar-refractivity contribution in [3.05, 3.63) is 63.3 Å². The molecule has 5 heteroatoms. The van der Waals surface area contributed by atoms with Gasteiger partial charge in [0.25, 0.3) is 0 Å².